The Hall–Kier alpha value is -2.91. The van der Waals surface area contributed by atoms with E-state index >= 15 is 0 Å². The number of benzene rings is 1. The predicted molar refractivity (Wildman–Crippen MR) is 98.7 cm³/mol. The SMILES string of the molecule is O=Cc1nc2nc(-c3cccc4[nH]ncc34)nc(N3CCOCC3)c2s1. The minimum atomic E-state index is 0.405. The summed E-state index contributed by atoms with van der Waals surface area (Å²) >= 11 is 1.32. The van der Waals surface area contributed by atoms with Crippen LogP contribution < -0.4 is 4.90 Å². The summed E-state index contributed by atoms with van der Waals surface area (Å²) < 4.78 is 6.29. The Kier molecular flexibility index (Phi) is 3.61. The Labute approximate surface area is 151 Å². The molecule has 0 saturated carbocycles. The van der Waals surface area contributed by atoms with E-state index in [4.69, 9.17) is 9.72 Å². The van der Waals surface area contributed by atoms with Gasteiger partial charge in [-0.25, -0.2) is 15.0 Å². The molecule has 0 bridgehead atoms. The fourth-order valence-electron chi connectivity index (χ4n) is 3.15. The number of thiazole rings is 1. The lowest BCUT2D eigenvalue weighted by molar-refractivity contribution is 0.112. The maximum Gasteiger partial charge on any atom is 0.178 e. The number of hydrogen-bond donors (Lipinski definition) is 1. The average molecular weight is 366 g/mol. The highest BCUT2D eigenvalue weighted by Gasteiger charge is 2.21. The number of aldehydes is 1. The van der Waals surface area contributed by atoms with Crippen LogP contribution in [-0.2, 0) is 4.74 Å². The molecule has 26 heavy (non-hydrogen) atoms. The minimum Gasteiger partial charge on any atom is -0.378 e. The Morgan fingerprint density at radius 3 is 2.92 bits per heavy atom. The van der Waals surface area contributed by atoms with Gasteiger partial charge >= 0.3 is 0 Å². The van der Waals surface area contributed by atoms with Crippen LogP contribution in [0.4, 0.5) is 5.82 Å². The van der Waals surface area contributed by atoms with Gasteiger partial charge in [0, 0.05) is 24.0 Å². The molecule has 0 atom stereocenters. The molecule has 1 fully saturated rings. The molecule has 8 nitrogen and oxygen atoms in total. The summed E-state index contributed by atoms with van der Waals surface area (Å²) in [4.78, 5) is 27.2. The molecule has 4 heterocycles. The largest absolute Gasteiger partial charge is 0.378 e. The van der Waals surface area contributed by atoms with Gasteiger partial charge in [0.25, 0.3) is 0 Å². The first-order valence-electron chi connectivity index (χ1n) is 8.22. The molecular formula is C17H14N6O2S. The number of aromatic amines is 1. The molecular weight excluding hydrogens is 352 g/mol. The lowest BCUT2D eigenvalue weighted by Gasteiger charge is -2.28. The third-order valence-corrected chi connectivity index (χ3v) is 5.36. The maximum atomic E-state index is 11.2. The van der Waals surface area contributed by atoms with E-state index in [9.17, 15) is 4.79 Å². The number of carbonyl (C=O) groups excluding carboxylic acids is 1. The molecule has 0 aliphatic carbocycles. The zero-order valence-electron chi connectivity index (χ0n) is 13.7. The molecule has 5 rings (SSSR count). The molecule has 9 heteroatoms. The summed E-state index contributed by atoms with van der Waals surface area (Å²) in [5.74, 6) is 1.38. The second-order valence-corrected chi connectivity index (χ2v) is 6.96. The zero-order valence-corrected chi connectivity index (χ0v) is 14.5. The molecule has 0 spiro atoms. The number of nitrogens with one attached hydrogen (secondary N) is 1. The summed E-state index contributed by atoms with van der Waals surface area (Å²) in [6.07, 6.45) is 2.52. The van der Waals surface area contributed by atoms with Crippen LogP contribution in [0, 0.1) is 0 Å². The fraction of sp³-hybridized carbons (Fsp3) is 0.235. The lowest BCUT2D eigenvalue weighted by Crippen LogP contribution is -2.36. The number of rotatable bonds is 3. The van der Waals surface area contributed by atoms with Gasteiger partial charge in [-0.3, -0.25) is 9.89 Å². The second kappa shape index (κ2) is 6.11. The summed E-state index contributed by atoms with van der Waals surface area (Å²) in [7, 11) is 0. The standard InChI is InChI=1S/C17H14N6O2S/c24-9-13-19-16-14(26-13)17(23-4-6-25-7-5-23)21-15(20-16)10-2-1-3-12-11(10)8-18-22-12/h1-3,8-9H,4-7H2,(H,18,22). The van der Waals surface area contributed by atoms with Gasteiger partial charge < -0.3 is 9.64 Å². The summed E-state index contributed by atoms with van der Waals surface area (Å²) in [6.45, 7) is 2.79. The lowest BCUT2D eigenvalue weighted by atomic mass is 10.1. The van der Waals surface area contributed by atoms with Crippen LogP contribution in [0.15, 0.2) is 24.4 Å². The highest BCUT2D eigenvalue weighted by Crippen LogP contribution is 2.33. The van der Waals surface area contributed by atoms with E-state index in [1.54, 1.807) is 6.20 Å². The van der Waals surface area contributed by atoms with E-state index in [2.05, 4.69) is 25.1 Å². The topological polar surface area (TPSA) is 96.9 Å². The van der Waals surface area contributed by atoms with Gasteiger partial charge in [-0.1, -0.05) is 12.1 Å². The van der Waals surface area contributed by atoms with Gasteiger partial charge in [-0.05, 0) is 6.07 Å². The van der Waals surface area contributed by atoms with Crippen LogP contribution in [0.5, 0.6) is 0 Å². The van der Waals surface area contributed by atoms with Crippen LogP contribution in [0.25, 0.3) is 32.6 Å². The summed E-state index contributed by atoms with van der Waals surface area (Å²) in [5.41, 5.74) is 2.35. The number of anilines is 1. The van der Waals surface area contributed by atoms with Gasteiger partial charge in [-0.2, -0.15) is 5.10 Å². The zero-order chi connectivity index (χ0) is 17.5. The normalized spacial score (nSPS) is 15.0. The molecule has 130 valence electrons. The molecule has 0 amide bonds. The monoisotopic (exact) mass is 366 g/mol. The molecule has 1 saturated heterocycles. The molecule has 4 aromatic rings. The van der Waals surface area contributed by atoms with Crippen molar-refractivity contribution in [1.29, 1.82) is 0 Å². The van der Waals surface area contributed by atoms with Crippen molar-refractivity contribution in [2.24, 2.45) is 0 Å². The van der Waals surface area contributed by atoms with E-state index in [0.717, 1.165) is 46.4 Å². The van der Waals surface area contributed by atoms with Crippen molar-refractivity contribution < 1.29 is 9.53 Å². The summed E-state index contributed by atoms with van der Waals surface area (Å²) in [5, 5.41) is 8.43. The number of H-pyrrole nitrogens is 1. The molecule has 0 radical (unpaired) electrons. The first-order chi connectivity index (χ1) is 12.8. The van der Waals surface area contributed by atoms with Crippen molar-refractivity contribution in [3.63, 3.8) is 0 Å². The van der Waals surface area contributed by atoms with Crippen molar-refractivity contribution in [1.82, 2.24) is 25.1 Å². The van der Waals surface area contributed by atoms with E-state index in [1.807, 2.05) is 18.2 Å². The first kappa shape index (κ1) is 15.4. The van der Waals surface area contributed by atoms with Gasteiger partial charge in [0.05, 0.1) is 24.9 Å². The minimum absolute atomic E-state index is 0.405. The molecule has 3 aromatic heterocycles. The van der Waals surface area contributed by atoms with E-state index in [-0.39, 0.29) is 0 Å². The Morgan fingerprint density at radius 1 is 1.19 bits per heavy atom. The second-order valence-electron chi connectivity index (χ2n) is 5.93. The number of morpholine rings is 1. The van der Waals surface area contributed by atoms with Gasteiger partial charge in [0.2, 0.25) is 0 Å². The number of carbonyl (C=O) groups is 1. The van der Waals surface area contributed by atoms with Crippen LogP contribution in [0.1, 0.15) is 9.80 Å². The maximum absolute atomic E-state index is 11.2. The van der Waals surface area contributed by atoms with Crippen molar-refractivity contribution in [2.45, 2.75) is 0 Å². The van der Waals surface area contributed by atoms with Crippen LogP contribution in [0.2, 0.25) is 0 Å². The molecule has 0 unspecified atom stereocenters. The summed E-state index contributed by atoms with van der Waals surface area (Å²) in [6, 6.07) is 5.87. The van der Waals surface area contributed by atoms with Gasteiger partial charge in [0.1, 0.15) is 4.70 Å². The molecule has 1 aliphatic heterocycles. The Bertz CT molecular complexity index is 1120. The number of fused-ring (bicyclic) bond motifs is 2. The van der Waals surface area contributed by atoms with E-state index in [0.29, 0.717) is 29.7 Å². The first-order valence-corrected chi connectivity index (χ1v) is 9.04. The van der Waals surface area contributed by atoms with Crippen LogP contribution >= 0.6 is 11.3 Å². The highest BCUT2D eigenvalue weighted by molar-refractivity contribution is 7.20. The molecule has 1 aliphatic rings. The average Bonchev–Trinajstić information content (AvgIpc) is 3.34. The molecule has 1 N–H and O–H groups in total. The number of nitrogens with zero attached hydrogens (tertiary/aromatic N) is 5. The van der Waals surface area contributed by atoms with Crippen molar-refractivity contribution >= 4 is 44.7 Å². The van der Waals surface area contributed by atoms with Crippen LogP contribution in [-0.4, -0.2) is 57.7 Å². The van der Waals surface area contributed by atoms with Gasteiger partial charge in [0.15, 0.2) is 28.6 Å². The van der Waals surface area contributed by atoms with Crippen molar-refractivity contribution in [2.75, 3.05) is 31.2 Å². The predicted octanol–water partition coefficient (Wildman–Crippen LogP) is 2.28. The highest BCUT2D eigenvalue weighted by atomic mass is 32.1. The Balaban J connectivity index is 1.75. The quantitative estimate of drug-likeness (QED) is 0.556. The Morgan fingerprint density at radius 2 is 2.08 bits per heavy atom. The smallest absolute Gasteiger partial charge is 0.178 e. The van der Waals surface area contributed by atoms with Crippen LogP contribution in [0.3, 0.4) is 0 Å². The fourth-order valence-corrected chi connectivity index (χ4v) is 3.99. The number of aromatic nitrogens is 5. The third-order valence-electron chi connectivity index (χ3n) is 4.39. The number of ether oxygens (including phenoxy) is 1. The van der Waals surface area contributed by atoms with Crippen molar-refractivity contribution in [3.8, 4) is 11.4 Å². The van der Waals surface area contributed by atoms with Gasteiger partial charge in [-0.15, -0.1) is 11.3 Å². The van der Waals surface area contributed by atoms with E-state index < -0.39 is 0 Å². The number of hydrogen-bond acceptors (Lipinski definition) is 8. The molecule has 1 aromatic carbocycles. The van der Waals surface area contributed by atoms with Crippen molar-refractivity contribution in [3.05, 3.63) is 29.4 Å². The third kappa shape index (κ3) is 2.44. The van der Waals surface area contributed by atoms with E-state index in [1.165, 1.54) is 11.3 Å².